The number of nitrogens with one attached hydrogen (secondary N) is 1. The molecule has 0 spiro atoms. The van der Waals surface area contributed by atoms with Gasteiger partial charge < -0.3 is 10.1 Å². The van der Waals surface area contributed by atoms with Crippen LogP contribution in [0.2, 0.25) is 0 Å². The Morgan fingerprint density at radius 1 is 1.04 bits per heavy atom. The molecule has 0 saturated carbocycles. The molecule has 0 bridgehead atoms. The van der Waals surface area contributed by atoms with Gasteiger partial charge in [-0.05, 0) is 37.5 Å². The van der Waals surface area contributed by atoms with Gasteiger partial charge in [0.05, 0.1) is 5.56 Å². The molecule has 0 aliphatic carbocycles. The lowest BCUT2D eigenvalue weighted by Crippen LogP contribution is -2.33. The van der Waals surface area contributed by atoms with Crippen LogP contribution < -0.4 is 10.1 Å². The van der Waals surface area contributed by atoms with Crippen molar-refractivity contribution in [2.45, 2.75) is 32.7 Å². The normalized spacial score (nSPS) is 11.6. The van der Waals surface area contributed by atoms with Crippen molar-refractivity contribution in [3.8, 4) is 5.75 Å². The molecule has 0 unspecified atom stereocenters. The Morgan fingerprint density at radius 3 is 2.39 bits per heavy atom. The summed E-state index contributed by atoms with van der Waals surface area (Å²) in [6, 6.07) is 16.9. The number of aryl methyl sites for hydroxylation is 1. The first kappa shape index (κ1) is 16.7. The van der Waals surface area contributed by atoms with Crippen molar-refractivity contribution in [3.63, 3.8) is 0 Å². The van der Waals surface area contributed by atoms with Crippen molar-refractivity contribution in [2.75, 3.05) is 0 Å². The maximum Gasteiger partial charge on any atom is 0.308 e. The number of hydrogen-bond acceptors (Lipinski definition) is 3. The van der Waals surface area contributed by atoms with Gasteiger partial charge >= 0.3 is 5.97 Å². The molecule has 0 heterocycles. The van der Waals surface area contributed by atoms with Gasteiger partial charge in [-0.15, -0.1) is 0 Å². The van der Waals surface area contributed by atoms with E-state index >= 15 is 0 Å². The monoisotopic (exact) mass is 311 g/mol. The van der Waals surface area contributed by atoms with E-state index in [1.54, 1.807) is 24.3 Å². The number of carbonyl (C=O) groups excluding carboxylic acids is 2. The molecule has 23 heavy (non-hydrogen) atoms. The van der Waals surface area contributed by atoms with Gasteiger partial charge in [0, 0.05) is 13.0 Å². The van der Waals surface area contributed by atoms with Crippen LogP contribution in [0.1, 0.15) is 36.2 Å². The minimum atomic E-state index is -0.442. The number of hydrogen-bond donors (Lipinski definition) is 1. The highest BCUT2D eigenvalue weighted by Gasteiger charge is 2.15. The van der Waals surface area contributed by atoms with Gasteiger partial charge in [-0.25, -0.2) is 0 Å². The zero-order valence-electron chi connectivity index (χ0n) is 13.4. The second kappa shape index (κ2) is 8.13. The Balaban J connectivity index is 1.94. The lowest BCUT2D eigenvalue weighted by atomic mass is 10.1. The highest BCUT2D eigenvalue weighted by Crippen LogP contribution is 2.18. The molecule has 120 valence electrons. The van der Waals surface area contributed by atoms with Crippen LogP contribution in [0.25, 0.3) is 0 Å². The molecular formula is C19H21NO3. The number of para-hydroxylation sites is 1. The molecule has 1 amide bonds. The van der Waals surface area contributed by atoms with Crippen LogP contribution in [-0.2, 0) is 11.2 Å². The van der Waals surface area contributed by atoms with Crippen LogP contribution in [-0.4, -0.2) is 17.9 Å². The molecule has 0 aliphatic heterocycles. The smallest absolute Gasteiger partial charge is 0.308 e. The van der Waals surface area contributed by atoms with Gasteiger partial charge in [-0.2, -0.15) is 0 Å². The first-order chi connectivity index (χ1) is 11.1. The second-order valence-electron chi connectivity index (χ2n) is 5.49. The highest BCUT2D eigenvalue weighted by atomic mass is 16.5. The first-order valence-corrected chi connectivity index (χ1v) is 7.68. The fourth-order valence-electron chi connectivity index (χ4n) is 2.30. The van der Waals surface area contributed by atoms with Crippen molar-refractivity contribution in [1.82, 2.24) is 5.32 Å². The predicted octanol–water partition coefficient (Wildman–Crippen LogP) is 3.36. The van der Waals surface area contributed by atoms with E-state index in [1.807, 2.05) is 25.1 Å². The molecule has 4 nitrogen and oxygen atoms in total. The van der Waals surface area contributed by atoms with Gasteiger partial charge in [-0.1, -0.05) is 42.5 Å². The summed E-state index contributed by atoms with van der Waals surface area (Å²) < 4.78 is 5.08. The van der Waals surface area contributed by atoms with E-state index < -0.39 is 5.97 Å². The summed E-state index contributed by atoms with van der Waals surface area (Å²) in [6.45, 7) is 3.28. The molecule has 0 radical (unpaired) electrons. The largest absolute Gasteiger partial charge is 0.426 e. The van der Waals surface area contributed by atoms with Crippen molar-refractivity contribution in [2.24, 2.45) is 0 Å². The molecule has 2 aromatic carbocycles. The summed E-state index contributed by atoms with van der Waals surface area (Å²) >= 11 is 0. The maximum atomic E-state index is 12.4. The molecule has 1 atom stereocenters. The number of ether oxygens (including phenoxy) is 1. The zero-order chi connectivity index (χ0) is 16.7. The Kier molecular flexibility index (Phi) is 5.92. The molecule has 2 rings (SSSR count). The Labute approximate surface area is 136 Å². The van der Waals surface area contributed by atoms with Crippen molar-refractivity contribution in [3.05, 3.63) is 65.7 Å². The molecule has 0 fully saturated rings. The Bertz CT molecular complexity index is 667. The number of benzene rings is 2. The minimum absolute atomic E-state index is 0.0214. The quantitative estimate of drug-likeness (QED) is 0.657. The number of amides is 1. The lowest BCUT2D eigenvalue weighted by molar-refractivity contribution is -0.131. The maximum absolute atomic E-state index is 12.4. The summed E-state index contributed by atoms with van der Waals surface area (Å²) in [7, 11) is 0. The Morgan fingerprint density at radius 2 is 1.70 bits per heavy atom. The molecule has 0 aromatic heterocycles. The van der Waals surface area contributed by atoms with E-state index in [9.17, 15) is 9.59 Å². The van der Waals surface area contributed by atoms with Gasteiger partial charge in [0.25, 0.3) is 5.91 Å². The van der Waals surface area contributed by atoms with Gasteiger partial charge in [0.2, 0.25) is 0 Å². The summed E-state index contributed by atoms with van der Waals surface area (Å²) in [5.74, 6) is -0.391. The summed E-state index contributed by atoms with van der Waals surface area (Å²) in [5, 5.41) is 2.95. The van der Waals surface area contributed by atoms with Crippen LogP contribution in [0.3, 0.4) is 0 Å². The van der Waals surface area contributed by atoms with Crippen LogP contribution in [0, 0.1) is 0 Å². The summed E-state index contributed by atoms with van der Waals surface area (Å²) in [4.78, 5) is 23.5. The second-order valence-corrected chi connectivity index (χ2v) is 5.49. The van der Waals surface area contributed by atoms with Crippen molar-refractivity contribution in [1.29, 1.82) is 0 Å². The Hall–Kier alpha value is -2.62. The van der Waals surface area contributed by atoms with E-state index in [0.29, 0.717) is 5.56 Å². The van der Waals surface area contributed by atoms with E-state index in [4.69, 9.17) is 4.74 Å². The summed E-state index contributed by atoms with van der Waals surface area (Å²) in [5.41, 5.74) is 1.61. The van der Waals surface area contributed by atoms with Crippen LogP contribution in [0.5, 0.6) is 5.75 Å². The van der Waals surface area contributed by atoms with Crippen LogP contribution in [0.15, 0.2) is 54.6 Å². The first-order valence-electron chi connectivity index (χ1n) is 7.68. The number of rotatable bonds is 6. The van der Waals surface area contributed by atoms with Gasteiger partial charge in [-0.3, -0.25) is 9.59 Å². The van der Waals surface area contributed by atoms with E-state index in [1.165, 1.54) is 12.5 Å². The third-order valence-corrected chi connectivity index (χ3v) is 3.47. The average molecular weight is 311 g/mol. The molecule has 0 saturated heterocycles. The SMILES string of the molecule is CC(=O)Oc1ccccc1C(=O)N[C@H](C)CCc1ccccc1. The van der Waals surface area contributed by atoms with Crippen LogP contribution in [0.4, 0.5) is 0 Å². The summed E-state index contributed by atoms with van der Waals surface area (Å²) in [6.07, 6.45) is 1.74. The molecule has 2 aromatic rings. The van der Waals surface area contributed by atoms with E-state index in [0.717, 1.165) is 12.8 Å². The van der Waals surface area contributed by atoms with E-state index in [2.05, 4.69) is 17.4 Å². The average Bonchev–Trinajstić information content (AvgIpc) is 2.54. The van der Waals surface area contributed by atoms with Crippen molar-refractivity contribution >= 4 is 11.9 Å². The minimum Gasteiger partial charge on any atom is -0.426 e. The fourth-order valence-corrected chi connectivity index (χ4v) is 2.30. The molecule has 0 aliphatic rings. The molecule has 4 heteroatoms. The topological polar surface area (TPSA) is 55.4 Å². The van der Waals surface area contributed by atoms with Crippen LogP contribution >= 0.6 is 0 Å². The van der Waals surface area contributed by atoms with Gasteiger partial charge in [0.15, 0.2) is 0 Å². The van der Waals surface area contributed by atoms with Crippen molar-refractivity contribution < 1.29 is 14.3 Å². The molecule has 1 N–H and O–H groups in total. The standard InChI is InChI=1S/C19H21NO3/c1-14(12-13-16-8-4-3-5-9-16)20-19(22)17-10-6-7-11-18(17)23-15(2)21/h3-11,14H,12-13H2,1-2H3,(H,20,22)/t14-/m1/s1. The predicted molar refractivity (Wildman–Crippen MR) is 89.4 cm³/mol. The highest BCUT2D eigenvalue weighted by molar-refractivity contribution is 5.97. The number of esters is 1. The molecular weight excluding hydrogens is 290 g/mol. The number of carbonyl (C=O) groups is 2. The fraction of sp³-hybridized carbons (Fsp3) is 0.263. The zero-order valence-corrected chi connectivity index (χ0v) is 13.4. The van der Waals surface area contributed by atoms with E-state index in [-0.39, 0.29) is 17.7 Å². The third-order valence-electron chi connectivity index (χ3n) is 3.47. The third kappa shape index (κ3) is 5.25. The lowest BCUT2D eigenvalue weighted by Gasteiger charge is -2.15. The van der Waals surface area contributed by atoms with Gasteiger partial charge in [0.1, 0.15) is 5.75 Å².